The lowest BCUT2D eigenvalue weighted by atomic mass is 9.99. The van der Waals surface area contributed by atoms with Crippen molar-refractivity contribution >= 4 is 24.0 Å². The van der Waals surface area contributed by atoms with E-state index in [1.165, 1.54) is 6.20 Å². The van der Waals surface area contributed by atoms with Crippen molar-refractivity contribution in [2.75, 3.05) is 18.8 Å². The van der Waals surface area contributed by atoms with Gasteiger partial charge in [0, 0.05) is 13.1 Å². The van der Waals surface area contributed by atoms with Crippen LogP contribution in [0.3, 0.4) is 0 Å². The van der Waals surface area contributed by atoms with Crippen LogP contribution in [0, 0.1) is 5.92 Å². The van der Waals surface area contributed by atoms with Gasteiger partial charge < -0.3 is 10.6 Å². The van der Waals surface area contributed by atoms with Crippen LogP contribution in [0.5, 0.6) is 0 Å². The second kappa shape index (κ2) is 5.87. The molecule has 0 atom stereocenters. The Morgan fingerprint density at radius 2 is 2.06 bits per heavy atom. The van der Waals surface area contributed by atoms with Gasteiger partial charge in [-0.15, -0.1) is 12.4 Å². The van der Waals surface area contributed by atoms with E-state index in [1.54, 1.807) is 12.1 Å². The monoisotopic (exact) mass is 255 g/mol. The molecule has 1 saturated heterocycles. The van der Waals surface area contributed by atoms with E-state index < -0.39 is 0 Å². The summed E-state index contributed by atoms with van der Waals surface area (Å²) >= 11 is 0. The SMILES string of the molecule is CC1CCN(C(=O)c2ccc(N)cn2)CC1.Cl. The van der Waals surface area contributed by atoms with Crippen molar-refractivity contribution in [1.29, 1.82) is 0 Å². The topological polar surface area (TPSA) is 59.2 Å². The Labute approximate surface area is 108 Å². The maximum absolute atomic E-state index is 12.0. The van der Waals surface area contributed by atoms with Crippen molar-refractivity contribution in [3.63, 3.8) is 0 Å². The van der Waals surface area contributed by atoms with Crippen LogP contribution in [0.25, 0.3) is 0 Å². The van der Waals surface area contributed by atoms with Crippen LogP contribution in [0.4, 0.5) is 5.69 Å². The van der Waals surface area contributed by atoms with Gasteiger partial charge in [-0.1, -0.05) is 6.92 Å². The normalized spacial score (nSPS) is 16.4. The molecule has 2 rings (SSSR count). The number of nitrogen functional groups attached to an aromatic ring is 1. The first-order chi connectivity index (χ1) is 7.66. The molecule has 0 aromatic carbocycles. The number of likely N-dealkylation sites (tertiary alicyclic amines) is 1. The molecule has 0 bridgehead atoms. The van der Waals surface area contributed by atoms with Crippen LogP contribution in [0.2, 0.25) is 0 Å². The molecule has 2 N–H and O–H groups in total. The first-order valence-electron chi connectivity index (χ1n) is 5.67. The minimum atomic E-state index is 0. The van der Waals surface area contributed by atoms with Gasteiger partial charge in [0.25, 0.3) is 5.91 Å². The number of anilines is 1. The molecule has 4 nitrogen and oxygen atoms in total. The number of rotatable bonds is 1. The van der Waals surface area contributed by atoms with E-state index in [-0.39, 0.29) is 18.3 Å². The van der Waals surface area contributed by atoms with E-state index in [1.807, 2.05) is 4.90 Å². The lowest BCUT2D eigenvalue weighted by Crippen LogP contribution is -2.38. The number of pyridine rings is 1. The molecular weight excluding hydrogens is 238 g/mol. The summed E-state index contributed by atoms with van der Waals surface area (Å²) in [4.78, 5) is 18.0. The number of hydrogen-bond acceptors (Lipinski definition) is 3. The molecular formula is C12H18ClN3O. The molecule has 0 spiro atoms. The largest absolute Gasteiger partial charge is 0.397 e. The third kappa shape index (κ3) is 3.33. The Bertz CT molecular complexity index is 372. The van der Waals surface area contributed by atoms with Crippen molar-refractivity contribution in [2.45, 2.75) is 19.8 Å². The number of nitrogens with zero attached hydrogens (tertiary/aromatic N) is 2. The quantitative estimate of drug-likeness (QED) is 0.835. The summed E-state index contributed by atoms with van der Waals surface area (Å²) in [6, 6.07) is 3.41. The highest BCUT2D eigenvalue weighted by molar-refractivity contribution is 5.92. The molecule has 0 saturated carbocycles. The summed E-state index contributed by atoms with van der Waals surface area (Å²) in [7, 11) is 0. The number of hydrogen-bond donors (Lipinski definition) is 1. The summed E-state index contributed by atoms with van der Waals surface area (Å²) in [6.07, 6.45) is 3.70. The van der Waals surface area contributed by atoms with Gasteiger partial charge in [0.15, 0.2) is 0 Å². The third-order valence-corrected chi connectivity index (χ3v) is 3.08. The minimum absolute atomic E-state index is 0. The second-order valence-electron chi connectivity index (χ2n) is 4.45. The van der Waals surface area contributed by atoms with Gasteiger partial charge in [-0.2, -0.15) is 0 Å². The fourth-order valence-electron chi connectivity index (χ4n) is 1.91. The molecule has 5 heteroatoms. The molecule has 2 heterocycles. The first-order valence-corrected chi connectivity index (χ1v) is 5.67. The lowest BCUT2D eigenvalue weighted by Gasteiger charge is -2.29. The minimum Gasteiger partial charge on any atom is -0.397 e. The number of carbonyl (C=O) groups is 1. The van der Waals surface area contributed by atoms with Crippen LogP contribution in [-0.2, 0) is 0 Å². The van der Waals surface area contributed by atoms with Crippen molar-refractivity contribution in [2.24, 2.45) is 5.92 Å². The number of carbonyl (C=O) groups excluding carboxylic acids is 1. The van der Waals surface area contributed by atoms with Gasteiger partial charge in [0.05, 0.1) is 11.9 Å². The number of nitrogens with two attached hydrogens (primary N) is 1. The predicted molar refractivity (Wildman–Crippen MR) is 70.2 cm³/mol. The summed E-state index contributed by atoms with van der Waals surface area (Å²) in [5.74, 6) is 0.746. The summed E-state index contributed by atoms with van der Waals surface area (Å²) in [5, 5.41) is 0. The van der Waals surface area contributed by atoms with Crippen molar-refractivity contribution < 1.29 is 4.79 Å². The second-order valence-corrected chi connectivity index (χ2v) is 4.45. The van der Waals surface area contributed by atoms with E-state index in [0.29, 0.717) is 11.4 Å². The van der Waals surface area contributed by atoms with E-state index >= 15 is 0 Å². The van der Waals surface area contributed by atoms with Crippen molar-refractivity contribution in [1.82, 2.24) is 9.88 Å². The fourth-order valence-corrected chi connectivity index (χ4v) is 1.91. The average Bonchev–Trinajstić information content (AvgIpc) is 2.30. The number of halogens is 1. The molecule has 17 heavy (non-hydrogen) atoms. The highest BCUT2D eigenvalue weighted by Gasteiger charge is 2.21. The average molecular weight is 256 g/mol. The van der Waals surface area contributed by atoms with Gasteiger partial charge in [0.1, 0.15) is 5.69 Å². The Kier molecular flexibility index (Phi) is 4.75. The Morgan fingerprint density at radius 3 is 2.59 bits per heavy atom. The maximum atomic E-state index is 12.0. The zero-order valence-corrected chi connectivity index (χ0v) is 10.7. The number of amides is 1. The molecule has 1 aliphatic heterocycles. The molecule has 1 amide bonds. The van der Waals surface area contributed by atoms with Gasteiger partial charge in [-0.3, -0.25) is 4.79 Å². The number of aromatic nitrogens is 1. The highest BCUT2D eigenvalue weighted by Crippen LogP contribution is 2.17. The molecule has 1 aromatic heterocycles. The van der Waals surface area contributed by atoms with Gasteiger partial charge >= 0.3 is 0 Å². The molecule has 0 radical (unpaired) electrons. The Hall–Kier alpha value is -1.29. The van der Waals surface area contributed by atoms with Crippen LogP contribution in [-0.4, -0.2) is 28.9 Å². The maximum Gasteiger partial charge on any atom is 0.272 e. The Balaban J connectivity index is 0.00000144. The molecule has 0 aliphatic carbocycles. The van der Waals surface area contributed by atoms with Crippen LogP contribution in [0.1, 0.15) is 30.3 Å². The molecule has 94 valence electrons. The molecule has 1 aliphatic rings. The zero-order valence-electron chi connectivity index (χ0n) is 9.93. The summed E-state index contributed by atoms with van der Waals surface area (Å²) in [6.45, 7) is 3.90. The fraction of sp³-hybridized carbons (Fsp3) is 0.500. The van der Waals surface area contributed by atoms with Crippen LogP contribution in [0.15, 0.2) is 18.3 Å². The van der Waals surface area contributed by atoms with Gasteiger partial charge in [-0.25, -0.2) is 4.98 Å². The van der Waals surface area contributed by atoms with E-state index in [4.69, 9.17) is 5.73 Å². The van der Waals surface area contributed by atoms with Crippen molar-refractivity contribution in [3.05, 3.63) is 24.0 Å². The van der Waals surface area contributed by atoms with Crippen LogP contribution < -0.4 is 5.73 Å². The van der Waals surface area contributed by atoms with Gasteiger partial charge in [-0.05, 0) is 30.9 Å². The van der Waals surface area contributed by atoms with E-state index in [0.717, 1.165) is 31.8 Å². The zero-order chi connectivity index (χ0) is 11.5. The smallest absolute Gasteiger partial charge is 0.272 e. The van der Waals surface area contributed by atoms with E-state index in [9.17, 15) is 4.79 Å². The standard InChI is InChI=1S/C12H17N3O.ClH/c1-9-4-6-15(7-5-9)12(16)11-3-2-10(13)8-14-11;/h2-3,8-9H,4-7,13H2,1H3;1H. The van der Waals surface area contributed by atoms with E-state index in [2.05, 4.69) is 11.9 Å². The molecule has 1 fully saturated rings. The summed E-state index contributed by atoms with van der Waals surface area (Å²) < 4.78 is 0. The van der Waals surface area contributed by atoms with Gasteiger partial charge in [0.2, 0.25) is 0 Å². The lowest BCUT2D eigenvalue weighted by molar-refractivity contribution is 0.0691. The van der Waals surface area contributed by atoms with Crippen molar-refractivity contribution in [3.8, 4) is 0 Å². The third-order valence-electron chi connectivity index (χ3n) is 3.08. The predicted octanol–water partition coefficient (Wildman–Crippen LogP) is 1.96. The molecule has 0 unspecified atom stereocenters. The summed E-state index contributed by atoms with van der Waals surface area (Å²) in [5.41, 5.74) is 6.61. The molecule has 1 aromatic rings. The first kappa shape index (κ1) is 13.8. The van der Waals surface area contributed by atoms with Crippen LogP contribution >= 0.6 is 12.4 Å². The number of piperidine rings is 1. The highest BCUT2D eigenvalue weighted by atomic mass is 35.5. The Morgan fingerprint density at radius 1 is 1.41 bits per heavy atom.